The van der Waals surface area contributed by atoms with Crippen LogP contribution in [0, 0.1) is 5.82 Å². The molecule has 0 radical (unpaired) electrons. The highest BCUT2D eigenvalue weighted by molar-refractivity contribution is 5.91. The van der Waals surface area contributed by atoms with Crippen molar-refractivity contribution in [2.24, 2.45) is 0 Å². The maximum atomic E-state index is 13.6. The molecular formula is C20H18FN3O2. The molecule has 0 saturated heterocycles. The quantitative estimate of drug-likeness (QED) is 0.700. The van der Waals surface area contributed by atoms with Crippen LogP contribution in [-0.2, 0) is 11.2 Å². The van der Waals surface area contributed by atoms with Gasteiger partial charge >= 0.3 is 0 Å². The number of ether oxygens (including phenoxy) is 1. The molecule has 3 rings (SSSR count). The Bertz CT molecular complexity index is 880. The van der Waals surface area contributed by atoms with Gasteiger partial charge in [-0.3, -0.25) is 4.79 Å². The first kappa shape index (κ1) is 17.4. The van der Waals surface area contributed by atoms with E-state index in [9.17, 15) is 9.18 Å². The highest BCUT2D eigenvalue weighted by atomic mass is 19.1. The number of aromatic nitrogens is 1. The third-order valence-electron chi connectivity index (χ3n) is 3.72. The third kappa shape index (κ3) is 4.57. The number of carbonyl (C=O) groups excluding carboxylic acids is 1. The fourth-order valence-electron chi connectivity index (χ4n) is 2.38. The number of methoxy groups -OCH3 is 1. The Morgan fingerprint density at radius 3 is 2.42 bits per heavy atom. The van der Waals surface area contributed by atoms with Crippen LogP contribution >= 0.6 is 0 Å². The van der Waals surface area contributed by atoms with Crippen LogP contribution in [0.1, 0.15) is 5.56 Å². The fourth-order valence-corrected chi connectivity index (χ4v) is 2.38. The molecule has 132 valence electrons. The zero-order valence-electron chi connectivity index (χ0n) is 14.2. The number of anilines is 3. The van der Waals surface area contributed by atoms with Gasteiger partial charge in [-0.15, -0.1) is 0 Å². The number of halogens is 1. The van der Waals surface area contributed by atoms with E-state index in [2.05, 4.69) is 15.6 Å². The molecule has 0 bridgehead atoms. The summed E-state index contributed by atoms with van der Waals surface area (Å²) in [6.45, 7) is 0. The number of nitrogens with one attached hydrogen (secondary N) is 2. The first-order valence-corrected chi connectivity index (χ1v) is 8.04. The van der Waals surface area contributed by atoms with Crippen molar-refractivity contribution < 1.29 is 13.9 Å². The molecule has 3 aromatic rings. The van der Waals surface area contributed by atoms with Crippen LogP contribution in [0.25, 0.3) is 0 Å². The second-order valence-electron chi connectivity index (χ2n) is 5.60. The molecule has 0 aliphatic heterocycles. The van der Waals surface area contributed by atoms with Crippen molar-refractivity contribution >= 4 is 23.1 Å². The molecule has 0 aliphatic carbocycles. The number of hydrogen-bond donors (Lipinski definition) is 2. The summed E-state index contributed by atoms with van der Waals surface area (Å²) in [5.74, 6) is 0.473. The van der Waals surface area contributed by atoms with E-state index >= 15 is 0 Å². The highest BCUT2D eigenvalue weighted by Crippen LogP contribution is 2.20. The molecule has 5 nitrogen and oxygen atoms in total. The van der Waals surface area contributed by atoms with Gasteiger partial charge in [0.15, 0.2) is 0 Å². The van der Waals surface area contributed by atoms with E-state index in [1.54, 1.807) is 43.6 Å². The van der Waals surface area contributed by atoms with Crippen molar-refractivity contribution in [3.05, 3.63) is 78.2 Å². The smallest absolute Gasteiger partial charge is 0.230 e. The maximum absolute atomic E-state index is 13.6. The summed E-state index contributed by atoms with van der Waals surface area (Å²) in [6.07, 6.45) is 1.57. The van der Waals surface area contributed by atoms with Gasteiger partial charge in [0.25, 0.3) is 0 Å². The van der Waals surface area contributed by atoms with Crippen LogP contribution in [0.15, 0.2) is 66.9 Å². The van der Waals surface area contributed by atoms with Gasteiger partial charge in [-0.25, -0.2) is 9.37 Å². The van der Waals surface area contributed by atoms with E-state index in [1.165, 1.54) is 6.07 Å². The normalized spacial score (nSPS) is 10.2. The summed E-state index contributed by atoms with van der Waals surface area (Å²) < 4.78 is 18.7. The van der Waals surface area contributed by atoms with Crippen molar-refractivity contribution in [1.29, 1.82) is 0 Å². The SMILES string of the molecule is COc1ccc(Nc2ccc(NC(=O)Cc3ccccc3F)nc2)cc1. The standard InChI is InChI=1S/C20H18FN3O2/c1-26-17-9-6-15(7-10-17)23-16-8-11-19(22-13-16)24-20(25)12-14-4-2-3-5-18(14)21/h2-11,13,23H,12H2,1H3,(H,22,24,25). The summed E-state index contributed by atoms with van der Waals surface area (Å²) >= 11 is 0. The Kier molecular flexibility index (Phi) is 5.43. The Morgan fingerprint density at radius 2 is 1.77 bits per heavy atom. The molecule has 6 heteroatoms. The molecule has 2 N–H and O–H groups in total. The average molecular weight is 351 g/mol. The molecule has 0 atom stereocenters. The van der Waals surface area contributed by atoms with Gasteiger partial charge in [0.2, 0.25) is 5.91 Å². The monoisotopic (exact) mass is 351 g/mol. The minimum atomic E-state index is -0.394. The lowest BCUT2D eigenvalue weighted by Gasteiger charge is -2.09. The number of nitrogens with zero attached hydrogens (tertiary/aromatic N) is 1. The van der Waals surface area contributed by atoms with Crippen molar-refractivity contribution in [3.8, 4) is 5.75 Å². The van der Waals surface area contributed by atoms with Crippen molar-refractivity contribution in [3.63, 3.8) is 0 Å². The van der Waals surface area contributed by atoms with Crippen molar-refractivity contribution in [2.75, 3.05) is 17.7 Å². The Hall–Kier alpha value is -3.41. The summed E-state index contributed by atoms with van der Waals surface area (Å²) in [4.78, 5) is 16.2. The van der Waals surface area contributed by atoms with E-state index in [4.69, 9.17) is 4.74 Å². The molecule has 0 unspecified atom stereocenters. The van der Waals surface area contributed by atoms with Gasteiger partial charge in [0.05, 0.1) is 25.4 Å². The number of pyridine rings is 1. The van der Waals surface area contributed by atoms with Gasteiger partial charge in [0.1, 0.15) is 17.4 Å². The molecule has 0 fully saturated rings. The fraction of sp³-hybridized carbons (Fsp3) is 0.100. The molecule has 2 aromatic carbocycles. The van der Waals surface area contributed by atoms with Gasteiger partial charge in [-0.2, -0.15) is 0 Å². The number of benzene rings is 2. The molecule has 1 amide bonds. The minimum Gasteiger partial charge on any atom is -0.497 e. The molecule has 26 heavy (non-hydrogen) atoms. The first-order chi connectivity index (χ1) is 12.6. The van der Waals surface area contributed by atoms with E-state index < -0.39 is 5.82 Å². The van der Waals surface area contributed by atoms with Gasteiger partial charge in [-0.1, -0.05) is 18.2 Å². The van der Waals surface area contributed by atoms with Gasteiger partial charge in [0, 0.05) is 5.69 Å². The number of rotatable bonds is 6. The topological polar surface area (TPSA) is 63.2 Å². The lowest BCUT2D eigenvalue weighted by molar-refractivity contribution is -0.115. The number of hydrogen-bond acceptors (Lipinski definition) is 4. The van der Waals surface area contributed by atoms with Gasteiger partial charge < -0.3 is 15.4 Å². The average Bonchev–Trinajstić information content (AvgIpc) is 2.66. The summed E-state index contributed by atoms with van der Waals surface area (Å²) in [6, 6.07) is 17.2. The zero-order chi connectivity index (χ0) is 18.4. The molecule has 0 saturated carbocycles. The van der Waals surface area contributed by atoms with Crippen LogP contribution in [0.4, 0.5) is 21.6 Å². The molecule has 0 aliphatic rings. The lowest BCUT2D eigenvalue weighted by atomic mass is 10.1. The molecule has 1 aromatic heterocycles. The Morgan fingerprint density at radius 1 is 1.04 bits per heavy atom. The van der Waals surface area contributed by atoms with Crippen LogP contribution in [0.2, 0.25) is 0 Å². The number of amides is 1. The van der Waals surface area contributed by atoms with E-state index in [0.29, 0.717) is 11.4 Å². The summed E-state index contributed by atoms with van der Waals surface area (Å²) in [7, 11) is 1.62. The van der Waals surface area contributed by atoms with Gasteiger partial charge in [-0.05, 0) is 48.0 Å². The van der Waals surface area contributed by atoms with Crippen LogP contribution in [0.3, 0.4) is 0 Å². The van der Waals surface area contributed by atoms with Crippen molar-refractivity contribution in [2.45, 2.75) is 6.42 Å². The Balaban J connectivity index is 1.58. The van der Waals surface area contributed by atoms with Crippen molar-refractivity contribution in [1.82, 2.24) is 4.98 Å². The predicted molar refractivity (Wildman–Crippen MR) is 99.2 cm³/mol. The second-order valence-corrected chi connectivity index (χ2v) is 5.60. The summed E-state index contributed by atoms with van der Waals surface area (Å²) in [5.41, 5.74) is 2.02. The van der Waals surface area contributed by atoms with E-state index in [1.807, 2.05) is 24.3 Å². The lowest BCUT2D eigenvalue weighted by Crippen LogP contribution is -2.16. The minimum absolute atomic E-state index is 0.0415. The second kappa shape index (κ2) is 8.11. The molecular weight excluding hydrogens is 333 g/mol. The largest absolute Gasteiger partial charge is 0.497 e. The van der Waals surface area contributed by atoms with E-state index in [0.717, 1.165) is 17.1 Å². The molecule has 1 heterocycles. The zero-order valence-corrected chi connectivity index (χ0v) is 14.2. The molecule has 0 spiro atoms. The third-order valence-corrected chi connectivity index (χ3v) is 3.72. The number of carbonyl (C=O) groups is 1. The highest BCUT2D eigenvalue weighted by Gasteiger charge is 2.08. The maximum Gasteiger partial charge on any atom is 0.230 e. The predicted octanol–water partition coefficient (Wildman–Crippen LogP) is 4.15. The first-order valence-electron chi connectivity index (χ1n) is 8.04. The Labute approximate surface area is 150 Å². The summed E-state index contributed by atoms with van der Waals surface area (Å²) in [5, 5.41) is 5.87. The van der Waals surface area contributed by atoms with E-state index in [-0.39, 0.29) is 12.3 Å². The van der Waals surface area contributed by atoms with Crippen LogP contribution in [0.5, 0.6) is 5.75 Å². The van der Waals surface area contributed by atoms with Crippen LogP contribution in [-0.4, -0.2) is 18.0 Å². The van der Waals surface area contributed by atoms with Crippen LogP contribution < -0.4 is 15.4 Å².